The van der Waals surface area contributed by atoms with Gasteiger partial charge in [0, 0.05) is 0 Å². The van der Waals surface area contributed by atoms with Gasteiger partial charge in [-0.15, -0.1) is 12.8 Å². The molecule has 0 saturated heterocycles. The van der Waals surface area contributed by atoms with Crippen LogP contribution in [0.3, 0.4) is 0 Å². The molecule has 0 atom stereocenters. The van der Waals surface area contributed by atoms with Crippen LogP contribution in [0.25, 0.3) is 0 Å². The first kappa shape index (κ1) is 13.5. The van der Waals surface area contributed by atoms with Crippen molar-refractivity contribution in [3.05, 3.63) is 23.8 Å². The van der Waals surface area contributed by atoms with Gasteiger partial charge in [-0.2, -0.15) is 0 Å². The number of terminal acetylenes is 2. The van der Waals surface area contributed by atoms with Crippen LogP contribution in [0, 0.1) is 24.7 Å². The number of esters is 1. The standard InChI is InChI=1S/C14H12O4/c1-4-8-17-12-7-6-11(10-13(12)16-3)14(15)18-9-5-2/h1-2,6-7,10H,8-9H2,3H3. The van der Waals surface area contributed by atoms with Gasteiger partial charge in [0.25, 0.3) is 0 Å². The molecule has 0 N–H and O–H groups in total. The van der Waals surface area contributed by atoms with Crippen molar-refractivity contribution in [2.45, 2.75) is 0 Å². The van der Waals surface area contributed by atoms with Crippen LogP contribution in [0.2, 0.25) is 0 Å². The van der Waals surface area contributed by atoms with Gasteiger partial charge in [0.1, 0.15) is 6.61 Å². The second kappa shape index (κ2) is 6.88. The van der Waals surface area contributed by atoms with Crippen molar-refractivity contribution >= 4 is 5.97 Å². The normalized spacial score (nSPS) is 8.83. The van der Waals surface area contributed by atoms with Gasteiger partial charge in [-0.1, -0.05) is 11.8 Å². The number of hydrogen-bond donors (Lipinski definition) is 0. The number of carbonyl (C=O) groups is 1. The molecular formula is C14H12O4. The van der Waals surface area contributed by atoms with E-state index in [0.717, 1.165) is 0 Å². The summed E-state index contributed by atoms with van der Waals surface area (Å²) < 4.78 is 15.1. The van der Waals surface area contributed by atoms with Gasteiger partial charge in [-0.25, -0.2) is 4.79 Å². The summed E-state index contributed by atoms with van der Waals surface area (Å²) >= 11 is 0. The molecule has 0 heterocycles. The largest absolute Gasteiger partial charge is 0.493 e. The van der Waals surface area contributed by atoms with Crippen LogP contribution in [-0.4, -0.2) is 26.3 Å². The molecule has 92 valence electrons. The summed E-state index contributed by atoms with van der Waals surface area (Å²) in [5.41, 5.74) is 0.329. The summed E-state index contributed by atoms with van der Waals surface area (Å²) in [4.78, 5) is 11.6. The number of hydrogen-bond acceptors (Lipinski definition) is 4. The zero-order chi connectivity index (χ0) is 13.4. The third kappa shape index (κ3) is 3.47. The fraction of sp³-hybridized carbons (Fsp3) is 0.214. The lowest BCUT2D eigenvalue weighted by Gasteiger charge is -2.10. The predicted molar refractivity (Wildman–Crippen MR) is 66.4 cm³/mol. The quantitative estimate of drug-likeness (QED) is 0.581. The predicted octanol–water partition coefficient (Wildman–Crippen LogP) is 1.50. The maximum Gasteiger partial charge on any atom is 0.339 e. The molecule has 0 aliphatic rings. The molecule has 0 aromatic heterocycles. The molecule has 4 heteroatoms. The van der Waals surface area contributed by atoms with Crippen molar-refractivity contribution in [2.24, 2.45) is 0 Å². The van der Waals surface area contributed by atoms with E-state index in [4.69, 9.17) is 27.1 Å². The Labute approximate surface area is 106 Å². The number of carbonyl (C=O) groups excluding carboxylic acids is 1. The number of ether oxygens (including phenoxy) is 3. The Kier molecular flexibility index (Phi) is 5.15. The summed E-state index contributed by atoms with van der Waals surface area (Å²) in [5.74, 6) is 4.90. The van der Waals surface area contributed by atoms with Crippen LogP contribution in [0.5, 0.6) is 11.5 Å². The fourth-order valence-corrected chi connectivity index (χ4v) is 1.22. The van der Waals surface area contributed by atoms with E-state index >= 15 is 0 Å². The summed E-state index contributed by atoms with van der Waals surface area (Å²) in [6.45, 7) is 0.0493. The van der Waals surface area contributed by atoms with Crippen molar-refractivity contribution in [2.75, 3.05) is 20.3 Å². The lowest BCUT2D eigenvalue weighted by Crippen LogP contribution is -2.06. The summed E-state index contributed by atoms with van der Waals surface area (Å²) in [6.07, 6.45) is 10.1. The molecule has 1 rings (SSSR count). The molecule has 0 aliphatic carbocycles. The topological polar surface area (TPSA) is 44.8 Å². The zero-order valence-electron chi connectivity index (χ0n) is 9.93. The molecule has 0 saturated carbocycles. The van der Waals surface area contributed by atoms with Gasteiger partial charge in [0.05, 0.1) is 12.7 Å². The molecule has 0 spiro atoms. The van der Waals surface area contributed by atoms with Gasteiger partial charge in [0.2, 0.25) is 0 Å². The van der Waals surface area contributed by atoms with Crippen molar-refractivity contribution in [3.8, 4) is 36.2 Å². The van der Waals surface area contributed by atoms with E-state index in [1.165, 1.54) is 13.2 Å². The molecule has 18 heavy (non-hydrogen) atoms. The number of rotatable bonds is 5. The molecule has 1 aromatic rings. The summed E-state index contributed by atoms with van der Waals surface area (Å²) in [7, 11) is 1.47. The first-order valence-electron chi connectivity index (χ1n) is 5.07. The highest BCUT2D eigenvalue weighted by molar-refractivity contribution is 5.90. The Hall–Kier alpha value is -2.59. The van der Waals surface area contributed by atoms with Crippen molar-refractivity contribution in [3.63, 3.8) is 0 Å². The molecule has 0 aliphatic heterocycles. The Bertz CT molecular complexity index is 506. The highest BCUT2D eigenvalue weighted by Crippen LogP contribution is 2.28. The van der Waals surface area contributed by atoms with E-state index in [9.17, 15) is 4.79 Å². The van der Waals surface area contributed by atoms with Crippen LogP contribution in [-0.2, 0) is 4.74 Å². The zero-order valence-corrected chi connectivity index (χ0v) is 9.93. The van der Waals surface area contributed by atoms with E-state index in [0.29, 0.717) is 17.1 Å². The first-order chi connectivity index (χ1) is 8.72. The maximum absolute atomic E-state index is 11.6. The van der Waals surface area contributed by atoms with Gasteiger partial charge in [-0.3, -0.25) is 0 Å². The Morgan fingerprint density at radius 1 is 1.22 bits per heavy atom. The van der Waals surface area contributed by atoms with Gasteiger partial charge in [-0.05, 0) is 18.2 Å². The second-order valence-electron chi connectivity index (χ2n) is 3.14. The lowest BCUT2D eigenvalue weighted by atomic mass is 10.2. The Balaban J connectivity index is 2.88. The van der Waals surface area contributed by atoms with Gasteiger partial charge < -0.3 is 14.2 Å². The average Bonchev–Trinajstić information content (AvgIpc) is 2.42. The van der Waals surface area contributed by atoms with E-state index in [-0.39, 0.29) is 13.2 Å². The summed E-state index contributed by atoms with van der Waals surface area (Å²) in [5, 5.41) is 0. The minimum absolute atomic E-state index is 0.0729. The van der Waals surface area contributed by atoms with Crippen molar-refractivity contribution in [1.29, 1.82) is 0 Å². The van der Waals surface area contributed by atoms with Gasteiger partial charge >= 0.3 is 5.97 Å². The van der Waals surface area contributed by atoms with Crippen LogP contribution in [0.15, 0.2) is 18.2 Å². The van der Waals surface area contributed by atoms with E-state index in [1.807, 2.05) is 0 Å². The first-order valence-corrected chi connectivity index (χ1v) is 5.07. The molecule has 0 unspecified atom stereocenters. The van der Waals surface area contributed by atoms with Crippen LogP contribution < -0.4 is 9.47 Å². The third-order valence-corrected chi connectivity index (χ3v) is 2.00. The monoisotopic (exact) mass is 244 g/mol. The average molecular weight is 244 g/mol. The fourth-order valence-electron chi connectivity index (χ4n) is 1.22. The molecule has 0 fully saturated rings. The van der Waals surface area contributed by atoms with Crippen LogP contribution in [0.1, 0.15) is 10.4 Å². The molecule has 0 amide bonds. The Morgan fingerprint density at radius 3 is 2.56 bits per heavy atom. The molecule has 4 nitrogen and oxygen atoms in total. The number of methoxy groups -OCH3 is 1. The molecule has 0 radical (unpaired) electrons. The van der Waals surface area contributed by atoms with E-state index in [1.54, 1.807) is 12.1 Å². The molecule has 0 bridgehead atoms. The van der Waals surface area contributed by atoms with E-state index in [2.05, 4.69) is 11.8 Å². The van der Waals surface area contributed by atoms with Crippen LogP contribution >= 0.6 is 0 Å². The van der Waals surface area contributed by atoms with Crippen LogP contribution in [0.4, 0.5) is 0 Å². The highest BCUT2D eigenvalue weighted by atomic mass is 16.5. The summed E-state index contributed by atoms with van der Waals surface area (Å²) in [6, 6.07) is 4.64. The minimum atomic E-state index is -0.519. The van der Waals surface area contributed by atoms with E-state index < -0.39 is 5.97 Å². The molecule has 1 aromatic carbocycles. The third-order valence-electron chi connectivity index (χ3n) is 2.00. The van der Waals surface area contributed by atoms with Crippen molar-refractivity contribution < 1.29 is 19.0 Å². The SMILES string of the molecule is C#CCOC(=O)c1ccc(OCC#C)c(OC)c1. The minimum Gasteiger partial charge on any atom is -0.493 e. The highest BCUT2D eigenvalue weighted by Gasteiger charge is 2.11. The second-order valence-corrected chi connectivity index (χ2v) is 3.14. The lowest BCUT2D eigenvalue weighted by molar-refractivity contribution is 0.0556. The van der Waals surface area contributed by atoms with Crippen molar-refractivity contribution in [1.82, 2.24) is 0 Å². The van der Waals surface area contributed by atoms with Gasteiger partial charge in [0.15, 0.2) is 18.1 Å². The molecular weight excluding hydrogens is 232 g/mol. The smallest absolute Gasteiger partial charge is 0.339 e. The number of benzene rings is 1. The Morgan fingerprint density at radius 2 is 1.94 bits per heavy atom. The maximum atomic E-state index is 11.6.